The number of carboxylic acid groups (broad SMARTS) is 1. The van der Waals surface area contributed by atoms with Crippen LogP contribution in [-0.2, 0) is 9.59 Å². The van der Waals surface area contributed by atoms with E-state index in [1.807, 2.05) is 75.4 Å². The van der Waals surface area contributed by atoms with E-state index in [1.165, 1.54) is 0 Å². The van der Waals surface area contributed by atoms with Crippen LogP contribution in [0.5, 0.6) is 0 Å². The quantitative estimate of drug-likeness (QED) is 0.330. The number of carboxylic acids is 1. The van der Waals surface area contributed by atoms with Crippen molar-refractivity contribution in [3.8, 4) is 0 Å². The summed E-state index contributed by atoms with van der Waals surface area (Å²) in [6.45, 7) is 5.71. The number of fused-ring (bicyclic) bond motifs is 2. The van der Waals surface area contributed by atoms with E-state index in [-0.39, 0.29) is 30.8 Å². The summed E-state index contributed by atoms with van der Waals surface area (Å²) < 4.78 is 0. The summed E-state index contributed by atoms with van der Waals surface area (Å²) in [6.07, 6.45) is 0.396. The van der Waals surface area contributed by atoms with Crippen LogP contribution >= 0.6 is 0 Å². The van der Waals surface area contributed by atoms with Gasteiger partial charge in [-0.25, -0.2) is 0 Å². The van der Waals surface area contributed by atoms with Crippen molar-refractivity contribution in [3.05, 3.63) is 83.4 Å². The number of benzene rings is 3. The Balaban J connectivity index is 1.45. The Morgan fingerprint density at radius 1 is 0.842 bits per heavy atom. The first-order valence-corrected chi connectivity index (χ1v) is 12.9. The maximum Gasteiger partial charge on any atom is 0.320 e. The Morgan fingerprint density at radius 3 is 1.92 bits per heavy atom. The Kier molecular flexibility index (Phi) is 8.22. The van der Waals surface area contributed by atoms with Crippen LogP contribution in [0.1, 0.15) is 65.9 Å². The van der Waals surface area contributed by atoms with Crippen LogP contribution < -0.4 is 10.6 Å². The molecule has 0 aliphatic carbocycles. The smallest absolute Gasteiger partial charge is 0.320 e. The number of rotatable bonds is 11. The van der Waals surface area contributed by atoms with Gasteiger partial charge in [-0.15, -0.1) is 0 Å². The summed E-state index contributed by atoms with van der Waals surface area (Å²) in [6, 6.07) is 18.3. The Labute approximate surface area is 222 Å². The highest BCUT2D eigenvalue weighted by Crippen LogP contribution is 2.28. The predicted octanol–water partition coefficient (Wildman–Crippen LogP) is 4.16. The van der Waals surface area contributed by atoms with E-state index in [2.05, 4.69) is 10.6 Å². The van der Waals surface area contributed by atoms with Crippen molar-refractivity contribution in [2.45, 2.75) is 51.7 Å². The highest BCUT2D eigenvalue weighted by atomic mass is 16.4. The third kappa shape index (κ3) is 5.92. The van der Waals surface area contributed by atoms with Gasteiger partial charge >= 0.3 is 5.97 Å². The second-order valence-electron chi connectivity index (χ2n) is 10.2. The number of imide groups is 1. The minimum atomic E-state index is -1.15. The van der Waals surface area contributed by atoms with Gasteiger partial charge in [0.15, 0.2) is 0 Å². The van der Waals surface area contributed by atoms with Crippen molar-refractivity contribution in [1.82, 2.24) is 15.5 Å². The van der Waals surface area contributed by atoms with Crippen LogP contribution in [0.15, 0.2) is 66.7 Å². The summed E-state index contributed by atoms with van der Waals surface area (Å²) >= 11 is 0. The number of aliphatic carboxylic acids is 1. The Bertz CT molecular complexity index is 1300. The molecule has 4 rings (SSSR count). The highest BCUT2D eigenvalue weighted by molar-refractivity contribution is 6.23. The first kappa shape index (κ1) is 27.0. The molecule has 198 valence electrons. The zero-order chi connectivity index (χ0) is 27.4. The molecular weight excluding hydrogens is 482 g/mol. The van der Waals surface area contributed by atoms with Gasteiger partial charge in [0, 0.05) is 6.54 Å². The molecule has 3 amide bonds. The Morgan fingerprint density at radius 2 is 1.39 bits per heavy atom. The van der Waals surface area contributed by atoms with Crippen molar-refractivity contribution in [2.24, 2.45) is 5.92 Å². The van der Waals surface area contributed by atoms with Crippen LogP contribution in [0.3, 0.4) is 0 Å². The summed E-state index contributed by atoms with van der Waals surface area (Å²) in [5.41, 5.74) is 1.58. The molecule has 0 saturated carbocycles. The molecule has 3 aromatic rings. The number of hydrogen-bond acceptors (Lipinski definition) is 5. The van der Waals surface area contributed by atoms with Gasteiger partial charge in [0.2, 0.25) is 5.91 Å². The molecule has 3 atom stereocenters. The van der Waals surface area contributed by atoms with Crippen LogP contribution in [0.4, 0.5) is 0 Å². The van der Waals surface area contributed by atoms with Gasteiger partial charge in [0.25, 0.3) is 11.8 Å². The van der Waals surface area contributed by atoms with Gasteiger partial charge in [-0.3, -0.25) is 29.4 Å². The monoisotopic (exact) mass is 515 g/mol. The van der Waals surface area contributed by atoms with E-state index >= 15 is 0 Å². The lowest BCUT2D eigenvalue weighted by molar-refractivity contribution is -0.140. The van der Waals surface area contributed by atoms with Gasteiger partial charge in [-0.05, 0) is 54.2 Å². The first-order valence-electron chi connectivity index (χ1n) is 12.9. The Hall–Kier alpha value is -4.04. The fraction of sp³-hybridized carbons (Fsp3) is 0.333. The number of carbonyl (C=O) groups is 4. The second-order valence-corrected chi connectivity index (χ2v) is 10.2. The lowest BCUT2D eigenvalue weighted by Gasteiger charge is -2.26. The summed E-state index contributed by atoms with van der Waals surface area (Å²) in [7, 11) is 0. The normalized spacial score (nSPS) is 15.4. The van der Waals surface area contributed by atoms with E-state index < -0.39 is 29.9 Å². The van der Waals surface area contributed by atoms with Crippen LogP contribution in [0.25, 0.3) is 10.8 Å². The first-order chi connectivity index (χ1) is 18.2. The van der Waals surface area contributed by atoms with E-state index in [1.54, 1.807) is 12.1 Å². The molecule has 1 unspecified atom stereocenters. The maximum atomic E-state index is 13.2. The molecule has 1 heterocycles. The van der Waals surface area contributed by atoms with Gasteiger partial charge in [0.05, 0.1) is 23.2 Å². The lowest BCUT2D eigenvalue weighted by atomic mass is 10.0. The van der Waals surface area contributed by atoms with Crippen LogP contribution in [0, 0.1) is 5.92 Å². The fourth-order valence-corrected chi connectivity index (χ4v) is 4.82. The number of hydrogen-bond donors (Lipinski definition) is 3. The number of nitrogens with one attached hydrogen (secondary N) is 2. The van der Waals surface area contributed by atoms with E-state index in [4.69, 9.17) is 0 Å². The molecule has 3 aromatic carbocycles. The number of nitrogens with zero attached hydrogens (tertiary/aromatic N) is 1. The van der Waals surface area contributed by atoms with Gasteiger partial charge in [-0.1, -0.05) is 68.4 Å². The summed E-state index contributed by atoms with van der Waals surface area (Å²) in [5, 5.41) is 17.6. The molecule has 0 aromatic heterocycles. The summed E-state index contributed by atoms with van der Waals surface area (Å²) in [4.78, 5) is 52.5. The number of amides is 3. The van der Waals surface area contributed by atoms with Crippen LogP contribution in [0.2, 0.25) is 0 Å². The average molecular weight is 516 g/mol. The zero-order valence-electron chi connectivity index (χ0n) is 21.8. The molecule has 0 spiro atoms. The third-order valence-corrected chi connectivity index (χ3v) is 6.86. The van der Waals surface area contributed by atoms with E-state index in [9.17, 15) is 24.3 Å². The molecule has 0 radical (unpaired) electrons. The standard InChI is InChI=1S/C30H33N3O5/c1-18(2)15-26(27(34)31-19(3)20-9-5-4-6-10-20)32-25(30(37)38)13-14-33-28(35)23-16-21-11-7-8-12-22(21)17-24(23)29(33)36/h4-12,16-19,25-26,32H,13-15H2,1-3H3,(H,31,34)(H,37,38)/t19-,25?,26+/m0/s1. The second kappa shape index (κ2) is 11.6. The fourth-order valence-electron chi connectivity index (χ4n) is 4.82. The van der Waals surface area contributed by atoms with Crippen LogP contribution in [-0.4, -0.2) is 52.3 Å². The lowest BCUT2D eigenvalue weighted by Crippen LogP contribution is -2.52. The SMILES string of the molecule is CC(C)C[C@@H](NC(CCN1C(=O)c2cc3ccccc3cc2C1=O)C(=O)O)C(=O)N[C@@H](C)c1ccccc1. The minimum Gasteiger partial charge on any atom is -0.480 e. The molecule has 3 N–H and O–H groups in total. The van der Waals surface area contributed by atoms with Gasteiger partial charge < -0.3 is 10.4 Å². The molecule has 1 aliphatic rings. The van der Waals surface area contributed by atoms with Crippen molar-refractivity contribution in [2.75, 3.05) is 6.54 Å². The topological polar surface area (TPSA) is 116 Å². The maximum absolute atomic E-state index is 13.2. The molecule has 1 aliphatic heterocycles. The third-order valence-electron chi connectivity index (χ3n) is 6.86. The molecule has 8 heteroatoms. The number of carbonyl (C=O) groups excluding carboxylic acids is 3. The summed E-state index contributed by atoms with van der Waals surface area (Å²) in [5.74, 6) is -2.19. The zero-order valence-corrected chi connectivity index (χ0v) is 21.8. The van der Waals surface area contributed by atoms with Crippen molar-refractivity contribution >= 4 is 34.5 Å². The highest BCUT2D eigenvalue weighted by Gasteiger charge is 2.37. The van der Waals surface area contributed by atoms with Gasteiger partial charge in [0.1, 0.15) is 6.04 Å². The molecule has 8 nitrogen and oxygen atoms in total. The van der Waals surface area contributed by atoms with Gasteiger partial charge in [-0.2, -0.15) is 0 Å². The molecular formula is C30H33N3O5. The molecule has 0 bridgehead atoms. The molecule has 38 heavy (non-hydrogen) atoms. The predicted molar refractivity (Wildman–Crippen MR) is 145 cm³/mol. The molecule has 0 fully saturated rings. The minimum absolute atomic E-state index is 0.0313. The van der Waals surface area contributed by atoms with E-state index in [0.29, 0.717) is 17.5 Å². The van der Waals surface area contributed by atoms with Crippen molar-refractivity contribution < 1.29 is 24.3 Å². The van der Waals surface area contributed by atoms with E-state index in [0.717, 1.165) is 21.2 Å². The van der Waals surface area contributed by atoms with Crippen molar-refractivity contribution in [1.29, 1.82) is 0 Å². The average Bonchev–Trinajstić information content (AvgIpc) is 3.12. The van der Waals surface area contributed by atoms with Crippen molar-refractivity contribution in [3.63, 3.8) is 0 Å². The largest absolute Gasteiger partial charge is 0.480 e. The molecule has 0 saturated heterocycles.